The zero-order chi connectivity index (χ0) is 14.2. The summed E-state index contributed by atoms with van der Waals surface area (Å²) in [7, 11) is 0. The molecule has 2 N–H and O–H groups in total. The molecule has 0 bridgehead atoms. The van der Waals surface area contributed by atoms with Crippen molar-refractivity contribution in [3.8, 4) is 0 Å². The number of hydrogen-bond donors (Lipinski definition) is 1. The van der Waals surface area contributed by atoms with Crippen LogP contribution in [0.15, 0.2) is 53.7 Å². The lowest BCUT2D eigenvalue weighted by molar-refractivity contribution is 0.505. The minimum atomic E-state index is -0.576. The zero-order valence-corrected chi connectivity index (χ0v) is 11.1. The van der Waals surface area contributed by atoms with Crippen molar-refractivity contribution < 1.29 is 4.39 Å². The Kier molecular flexibility index (Phi) is 2.89. The molecule has 0 amide bonds. The minimum absolute atomic E-state index is 0.309. The predicted octanol–water partition coefficient (Wildman–Crippen LogP) is 2.27. The van der Waals surface area contributed by atoms with E-state index in [-0.39, 0.29) is 5.82 Å². The maximum absolute atomic E-state index is 14.1. The highest BCUT2D eigenvalue weighted by Gasteiger charge is 2.42. The van der Waals surface area contributed by atoms with Crippen molar-refractivity contribution >= 4 is 11.6 Å². The van der Waals surface area contributed by atoms with E-state index in [1.165, 1.54) is 6.07 Å². The first-order valence-electron chi connectivity index (χ1n) is 6.39. The summed E-state index contributed by atoms with van der Waals surface area (Å²) in [6.07, 6.45) is 1.72. The number of pyridine rings is 1. The molecule has 1 aromatic heterocycles. The van der Waals surface area contributed by atoms with Crippen LogP contribution in [0.4, 0.5) is 10.1 Å². The number of para-hydroxylation sites is 1. The Labute approximate surface area is 116 Å². The lowest BCUT2D eigenvalue weighted by Gasteiger charge is -2.35. The standard InChI is InChI=1S/C15H15FN4/c1-15(13-8-4-5-9-18-13)10-19-14(17)20(15)12-7-3-2-6-11(12)16/h2-9H,10H2,1H3,(H2,17,19). The van der Waals surface area contributed by atoms with E-state index in [2.05, 4.69) is 9.98 Å². The van der Waals surface area contributed by atoms with E-state index in [4.69, 9.17) is 5.73 Å². The van der Waals surface area contributed by atoms with Crippen molar-refractivity contribution in [2.75, 3.05) is 11.4 Å². The molecule has 0 spiro atoms. The summed E-state index contributed by atoms with van der Waals surface area (Å²) in [5, 5.41) is 0. The van der Waals surface area contributed by atoms with Crippen molar-refractivity contribution in [3.63, 3.8) is 0 Å². The van der Waals surface area contributed by atoms with Gasteiger partial charge < -0.3 is 5.73 Å². The maximum Gasteiger partial charge on any atom is 0.196 e. The lowest BCUT2D eigenvalue weighted by atomic mass is 9.95. The van der Waals surface area contributed by atoms with Crippen molar-refractivity contribution in [2.24, 2.45) is 10.7 Å². The molecule has 0 saturated carbocycles. The number of rotatable bonds is 2. The number of hydrogen-bond acceptors (Lipinski definition) is 4. The van der Waals surface area contributed by atoms with Gasteiger partial charge in [0.25, 0.3) is 0 Å². The Balaban J connectivity index is 2.12. The third-order valence-electron chi connectivity index (χ3n) is 3.58. The fourth-order valence-electron chi connectivity index (χ4n) is 2.53. The van der Waals surface area contributed by atoms with Gasteiger partial charge in [0.1, 0.15) is 11.4 Å². The molecule has 2 heterocycles. The molecule has 0 radical (unpaired) electrons. The van der Waals surface area contributed by atoms with Gasteiger partial charge in [-0.3, -0.25) is 14.9 Å². The minimum Gasteiger partial charge on any atom is -0.369 e. The molecule has 1 aromatic carbocycles. The summed E-state index contributed by atoms with van der Waals surface area (Å²) in [5.41, 5.74) is 6.63. The van der Waals surface area contributed by atoms with Gasteiger partial charge >= 0.3 is 0 Å². The lowest BCUT2D eigenvalue weighted by Crippen LogP contribution is -2.48. The number of halogens is 1. The van der Waals surface area contributed by atoms with Crippen LogP contribution >= 0.6 is 0 Å². The van der Waals surface area contributed by atoms with Gasteiger partial charge in [0.15, 0.2) is 5.96 Å². The van der Waals surface area contributed by atoms with E-state index < -0.39 is 5.54 Å². The van der Waals surface area contributed by atoms with Crippen molar-refractivity contribution in [2.45, 2.75) is 12.5 Å². The Hall–Kier alpha value is -2.43. The summed E-state index contributed by atoms with van der Waals surface area (Å²) in [6.45, 7) is 2.41. The summed E-state index contributed by atoms with van der Waals surface area (Å²) >= 11 is 0. The molecule has 0 fully saturated rings. The van der Waals surface area contributed by atoms with Gasteiger partial charge in [0, 0.05) is 6.20 Å². The first-order chi connectivity index (χ1) is 9.63. The van der Waals surface area contributed by atoms with E-state index in [0.717, 1.165) is 5.69 Å². The van der Waals surface area contributed by atoms with Crippen LogP contribution in [-0.4, -0.2) is 17.5 Å². The number of aromatic nitrogens is 1. The molecule has 1 aliphatic rings. The first-order valence-corrected chi connectivity index (χ1v) is 6.39. The fourth-order valence-corrected chi connectivity index (χ4v) is 2.53. The van der Waals surface area contributed by atoms with E-state index in [1.54, 1.807) is 29.3 Å². The third-order valence-corrected chi connectivity index (χ3v) is 3.58. The number of aliphatic imine (C=N–C) groups is 1. The van der Waals surface area contributed by atoms with Gasteiger partial charge in [0.05, 0.1) is 17.9 Å². The highest BCUT2D eigenvalue weighted by atomic mass is 19.1. The van der Waals surface area contributed by atoms with Crippen molar-refractivity contribution in [3.05, 3.63) is 60.2 Å². The molecule has 3 rings (SSSR count). The molecule has 1 unspecified atom stereocenters. The van der Waals surface area contributed by atoms with Crippen LogP contribution in [0, 0.1) is 5.82 Å². The summed E-state index contributed by atoms with van der Waals surface area (Å²) in [4.78, 5) is 10.4. The van der Waals surface area contributed by atoms with Gasteiger partial charge in [-0.2, -0.15) is 0 Å². The molecule has 1 aliphatic heterocycles. The van der Waals surface area contributed by atoms with Crippen LogP contribution in [0.3, 0.4) is 0 Å². The molecule has 0 aliphatic carbocycles. The van der Waals surface area contributed by atoms with Crippen LogP contribution in [0.1, 0.15) is 12.6 Å². The molecular formula is C15H15FN4. The highest BCUT2D eigenvalue weighted by molar-refractivity contribution is 5.98. The van der Waals surface area contributed by atoms with Gasteiger partial charge in [0.2, 0.25) is 0 Å². The van der Waals surface area contributed by atoms with Crippen LogP contribution < -0.4 is 10.6 Å². The van der Waals surface area contributed by atoms with Crippen LogP contribution in [0.2, 0.25) is 0 Å². The Bertz CT molecular complexity index is 656. The van der Waals surface area contributed by atoms with Gasteiger partial charge in [-0.15, -0.1) is 0 Å². The van der Waals surface area contributed by atoms with Gasteiger partial charge in [-0.1, -0.05) is 18.2 Å². The normalized spacial score (nSPS) is 21.9. The number of nitrogens with zero attached hydrogens (tertiary/aromatic N) is 3. The molecule has 5 heteroatoms. The summed E-state index contributed by atoms with van der Waals surface area (Å²) in [5.74, 6) is -0.0158. The van der Waals surface area contributed by atoms with E-state index in [0.29, 0.717) is 18.2 Å². The molecule has 0 saturated heterocycles. The van der Waals surface area contributed by atoms with E-state index >= 15 is 0 Å². The number of nitrogens with two attached hydrogens (primary N) is 1. The largest absolute Gasteiger partial charge is 0.369 e. The quantitative estimate of drug-likeness (QED) is 0.910. The second-order valence-corrected chi connectivity index (χ2v) is 4.95. The van der Waals surface area contributed by atoms with Crippen molar-refractivity contribution in [1.82, 2.24) is 4.98 Å². The SMILES string of the molecule is CC1(c2ccccn2)CN=C(N)N1c1ccccc1F. The van der Waals surface area contributed by atoms with Crippen molar-refractivity contribution in [1.29, 1.82) is 0 Å². The number of benzene rings is 1. The highest BCUT2D eigenvalue weighted by Crippen LogP contribution is 2.36. The van der Waals surface area contributed by atoms with Crippen LogP contribution in [0.25, 0.3) is 0 Å². The predicted molar refractivity (Wildman–Crippen MR) is 77.0 cm³/mol. The van der Waals surface area contributed by atoms with E-state index in [9.17, 15) is 4.39 Å². The third kappa shape index (κ3) is 1.82. The molecule has 102 valence electrons. The summed E-state index contributed by atoms with van der Waals surface area (Å²) < 4.78 is 14.1. The average Bonchev–Trinajstić information content (AvgIpc) is 2.78. The first kappa shape index (κ1) is 12.6. The molecule has 20 heavy (non-hydrogen) atoms. The fraction of sp³-hybridized carbons (Fsp3) is 0.200. The molecule has 2 aromatic rings. The monoisotopic (exact) mass is 270 g/mol. The van der Waals surface area contributed by atoms with E-state index in [1.807, 2.05) is 25.1 Å². The topological polar surface area (TPSA) is 54.5 Å². The second kappa shape index (κ2) is 4.59. The van der Waals surface area contributed by atoms with Gasteiger partial charge in [-0.25, -0.2) is 4.39 Å². The van der Waals surface area contributed by atoms with Gasteiger partial charge in [-0.05, 0) is 31.2 Å². The second-order valence-electron chi connectivity index (χ2n) is 4.95. The molecular weight excluding hydrogens is 255 g/mol. The Morgan fingerprint density at radius 1 is 1.20 bits per heavy atom. The smallest absolute Gasteiger partial charge is 0.196 e. The zero-order valence-electron chi connectivity index (χ0n) is 11.1. The Morgan fingerprint density at radius 3 is 2.65 bits per heavy atom. The Morgan fingerprint density at radius 2 is 1.95 bits per heavy atom. The summed E-state index contributed by atoms with van der Waals surface area (Å²) in [6, 6.07) is 12.2. The molecule has 1 atom stereocenters. The van der Waals surface area contributed by atoms with Crippen LogP contribution in [0.5, 0.6) is 0 Å². The average molecular weight is 270 g/mol. The number of anilines is 1. The van der Waals surface area contributed by atoms with Crippen LogP contribution in [-0.2, 0) is 5.54 Å². The molecule has 4 nitrogen and oxygen atoms in total. The number of guanidine groups is 1. The maximum atomic E-state index is 14.1.